The van der Waals surface area contributed by atoms with Crippen molar-refractivity contribution in [3.63, 3.8) is 0 Å². The topological polar surface area (TPSA) is 98.6 Å². The zero-order valence-corrected chi connectivity index (χ0v) is 20.5. The number of amides is 2. The molecule has 0 bridgehead atoms. The van der Waals surface area contributed by atoms with Crippen LogP contribution in [0.25, 0.3) is 11.0 Å². The van der Waals surface area contributed by atoms with Crippen molar-refractivity contribution in [2.75, 3.05) is 39.5 Å². The van der Waals surface area contributed by atoms with E-state index in [4.69, 9.17) is 9.47 Å². The second-order valence-electron chi connectivity index (χ2n) is 9.71. The van der Waals surface area contributed by atoms with Crippen LogP contribution < -0.4 is 10.1 Å². The molecule has 0 saturated carbocycles. The molecule has 9 heteroatoms. The number of piperidine rings is 1. The summed E-state index contributed by atoms with van der Waals surface area (Å²) >= 11 is 0. The van der Waals surface area contributed by atoms with E-state index in [2.05, 4.69) is 15.5 Å². The molecule has 0 unspecified atom stereocenters. The van der Waals surface area contributed by atoms with Crippen LogP contribution in [0.2, 0.25) is 0 Å². The van der Waals surface area contributed by atoms with E-state index >= 15 is 0 Å². The summed E-state index contributed by atoms with van der Waals surface area (Å²) in [7, 11) is 0. The number of hydrogen-bond donors (Lipinski definition) is 1. The molecule has 3 aromatic rings. The number of hydrogen-bond acceptors (Lipinski definition) is 6. The van der Waals surface area contributed by atoms with E-state index in [0.29, 0.717) is 50.8 Å². The zero-order chi connectivity index (χ0) is 24.8. The fraction of sp³-hybridized carbons (Fsp3) is 0.481. The molecule has 2 aliphatic heterocycles. The number of rotatable bonds is 2. The number of fused-ring (bicyclic) bond motifs is 2. The molecule has 2 amide bonds. The molecule has 2 aromatic carbocycles. The number of nitrogens with zero attached hydrogens (tertiary/aromatic N) is 4. The molecule has 9 nitrogen and oxygen atoms in total. The average molecular weight is 492 g/mol. The number of carbonyl (C=O) groups excluding carboxylic acids is 2. The van der Waals surface area contributed by atoms with Crippen molar-refractivity contribution in [2.24, 2.45) is 5.41 Å². The van der Waals surface area contributed by atoms with Gasteiger partial charge >= 0.3 is 0 Å². The van der Waals surface area contributed by atoms with Crippen molar-refractivity contribution in [3.05, 3.63) is 54.1 Å². The first kappa shape index (κ1) is 24.2. The van der Waals surface area contributed by atoms with Gasteiger partial charge in [0.2, 0.25) is 5.91 Å². The fourth-order valence-corrected chi connectivity index (χ4v) is 5.04. The number of nitrogens with one attached hydrogen (secondary N) is 1. The minimum Gasteiger partial charge on any atom is -0.492 e. The van der Waals surface area contributed by atoms with Gasteiger partial charge in [0.1, 0.15) is 23.3 Å². The van der Waals surface area contributed by atoms with Crippen LogP contribution in [0.15, 0.2) is 48.5 Å². The van der Waals surface area contributed by atoms with Crippen molar-refractivity contribution >= 4 is 22.8 Å². The van der Waals surface area contributed by atoms with E-state index in [0.717, 1.165) is 43.1 Å². The zero-order valence-electron chi connectivity index (χ0n) is 20.5. The summed E-state index contributed by atoms with van der Waals surface area (Å²) in [5.41, 5.74) is 2.06. The second-order valence-corrected chi connectivity index (χ2v) is 9.71. The number of para-hydroxylation sites is 1. The molecule has 190 valence electrons. The van der Waals surface area contributed by atoms with Crippen LogP contribution in [0.5, 0.6) is 5.75 Å². The highest BCUT2D eigenvalue weighted by molar-refractivity contribution is 5.96. The van der Waals surface area contributed by atoms with Gasteiger partial charge in [-0.2, -0.15) is 15.0 Å². The number of ether oxygens (including phenoxy) is 2. The summed E-state index contributed by atoms with van der Waals surface area (Å²) < 4.78 is 12.0. The van der Waals surface area contributed by atoms with E-state index in [1.54, 1.807) is 6.07 Å². The summed E-state index contributed by atoms with van der Waals surface area (Å²) in [6.45, 7) is 3.65. The van der Waals surface area contributed by atoms with Gasteiger partial charge in [0.25, 0.3) is 5.91 Å². The van der Waals surface area contributed by atoms with Gasteiger partial charge in [-0.3, -0.25) is 9.59 Å². The molecule has 1 spiro atoms. The lowest BCUT2D eigenvalue weighted by Crippen LogP contribution is -2.46. The third-order valence-corrected chi connectivity index (χ3v) is 7.22. The van der Waals surface area contributed by atoms with Crippen LogP contribution in [-0.2, 0) is 16.1 Å². The number of benzene rings is 2. The van der Waals surface area contributed by atoms with Crippen LogP contribution in [0, 0.1) is 5.41 Å². The molecule has 0 aliphatic carbocycles. The normalized spacial score (nSPS) is 19.2. The molecular weight excluding hydrogens is 458 g/mol. The lowest BCUT2D eigenvalue weighted by molar-refractivity contribution is -0.135. The molecule has 5 rings (SSSR count). The third-order valence-electron chi connectivity index (χ3n) is 7.22. The van der Waals surface area contributed by atoms with E-state index in [1.807, 2.05) is 47.4 Å². The van der Waals surface area contributed by atoms with E-state index < -0.39 is 0 Å². The Morgan fingerprint density at radius 3 is 2.44 bits per heavy atom. The molecule has 2 aliphatic rings. The molecule has 1 saturated heterocycles. The quantitative estimate of drug-likeness (QED) is 0.592. The Labute approximate surface area is 210 Å². The summed E-state index contributed by atoms with van der Waals surface area (Å²) in [6, 6.07) is 15.0. The summed E-state index contributed by atoms with van der Waals surface area (Å²) in [4.78, 5) is 29.1. The molecular formula is C27H33N5O4. The number of likely N-dealkylation sites (tertiary alicyclic amines) is 1. The highest BCUT2D eigenvalue weighted by atomic mass is 16.5. The highest BCUT2D eigenvalue weighted by Gasteiger charge is 2.37. The first-order chi connectivity index (χ1) is 17.6. The Bertz CT molecular complexity index is 1170. The van der Waals surface area contributed by atoms with Gasteiger partial charge in [0, 0.05) is 31.7 Å². The standard InChI is InChI=1S/C27H33N5O4/c33-25(19-32-29-22-8-2-3-9-23(22)30-32)31-15-12-27(13-16-31)11-5-6-17-35-18-14-28-26(34)21-7-1-4-10-24(21)36-20-27/h1-4,7-10H,5-6,11-20H2,(H,28,34). The summed E-state index contributed by atoms with van der Waals surface area (Å²) in [6.07, 6.45) is 4.70. The van der Waals surface area contributed by atoms with Gasteiger partial charge in [-0.1, -0.05) is 30.7 Å². The van der Waals surface area contributed by atoms with Gasteiger partial charge < -0.3 is 19.7 Å². The van der Waals surface area contributed by atoms with Crippen LogP contribution in [-0.4, -0.2) is 71.2 Å². The Morgan fingerprint density at radius 1 is 0.944 bits per heavy atom. The van der Waals surface area contributed by atoms with Crippen LogP contribution >= 0.6 is 0 Å². The maximum atomic E-state index is 13.0. The molecule has 1 fully saturated rings. The van der Waals surface area contributed by atoms with Crippen molar-refractivity contribution in [1.29, 1.82) is 0 Å². The predicted octanol–water partition coefficient (Wildman–Crippen LogP) is 3.05. The van der Waals surface area contributed by atoms with Crippen molar-refractivity contribution in [1.82, 2.24) is 25.2 Å². The fourth-order valence-electron chi connectivity index (χ4n) is 5.04. The Balaban J connectivity index is 1.25. The van der Waals surface area contributed by atoms with Crippen LogP contribution in [0.3, 0.4) is 0 Å². The van der Waals surface area contributed by atoms with Crippen molar-refractivity contribution < 1.29 is 19.1 Å². The second kappa shape index (κ2) is 11.1. The Hall–Kier alpha value is -3.46. The molecule has 3 heterocycles. The highest BCUT2D eigenvalue weighted by Crippen LogP contribution is 2.38. The summed E-state index contributed by atoms with van der Waals surface area (Å²) in [5.74, 6) is 0.477. The maximum absolute atomic E-state index is 13.0. The summed E-state index contributed by atoms with van der Waals surface area (Å²) in [5, 5.41) is 11.8. The Kier molecular flexibility index (Phi) is 7.46. The van der Waals surface area contributed by atoms with Gasteiger partial charge in [-0.25, -0.2) is 0 Å². The molecule has 0 radical (unpaired) electrons. The van der Waals surface area contributed by atoms with Crippen LogP contribution in [0.1, 0.15) is 42.5 Å². The van der Waals surface area contributed by atoms with Gasteiger partial charge in [0.15, 0.2) is 0 Å². The predicted molar refractivity (Wildman–Crippen MR) is 135 cm³/mol. The van der Waals surface area contributed by atoms with Gasteiger partial charge in [-0.05, 0) is 49.9 Å². The van der Waals surface area contributed by atoms with Gasteiger partial charge in [-0.15, -0.1) is 0 Å². The van der Waals surface area contributed by atoms with E-state index in [9.17, 15) is 9.59 Å². The molecule has 1 aromatic heterocycles. The molecule has 1 N–H and O–H groups in total. The first-order valence-electron chi connectivity index (χ1n) is 12.8. The minimum absolute atomic E-state index is 0.0300. The number of aromatic nitrogens is 3. The SMILES string of the molecule is O=C1NCCOCCCCC2(CCN(C(=O)Cn3nc4ccccc4n3)CC2)COc2ccccc21. The molecule has 0 atom stereocenters. The van der Waals surface area contributed by atoms with E-state index in [-0.39, 0.29) is 23.8 Å². The van der Waals surface area contributed by atoms with Gasteiger partial charge in [0.05, 0.1) is 18.8 Å². The van der Waals surface area contributed by atoms with Crippen molar-refractivity contribution in [2.45, 2.75) is 38.6 Å². The monoisotopic (exact) mass is 491 g/mol. The van der Waals surface area contributed by atoms with Crippen LogP contribution in [0.4, 0.5) is 0 Å². The third kappa shape index (κ3) is 5.67. The number of carbonyl (C=O) groups is 2. The maximum Gasteiger partial charge on any atom is 0.255 e. The minimum atomic E-state index is -0.152. The lowest BCUT2D eigenvalue weighted by atomic mass is 9.75. The lowest BCUT2D eigenvalue weighted by Gasteiger charge is -2.42. The molecule has 36 heavy (non-hydrogen) atoms. The smallest absolute Gasteiger partial charge is 0.255 e. The Morgan fingerprint density at radius 2 is 1.67 bits per heavy atom. The van der Waals surface area contributed by atoms with E-state index in [1.165, 1.54) is 4.80 Å². The first-order valence-corrected chi connectivity index (χ1v) is 12.8. The average Bonchev–Trinajstić information content (AvgIpc) is 3.31. The van der Waals surface area contributed by atoms with Crippen molar-refractivity contribution in [3.8, 4) is 5.75 Å². The largest absolute Gasteiger partial charge is 0.492 e.